The second kappa shape index (κ2) is 12.8. The summed E-state index contributed by atoms with van der Waals surface area (Å²) in [7, 11) is 0. The molecule has 226 valence electrons. The molecule has 4 N–H and O–H groups in total. The van der Waals surface area contributed by atoms with Crippen LogP contribution >= 0.6 is 0 Å². The molecule has 6 rings (SSSR count). The molecule has 3 aromatic carbocycles. The van der Waals surface area contributed by atoms with Gasteiger partial charge in [-0.05, 0) is 35.1 Å². The summed E-state index contributed by atoms with van der Waals surface area (Å²) >= 11 is 0. The van der Waals surface area contributed by atoms with E-state index >= 15 is 0 Å². The minimum atomic E-state index is -0.990. The molecule has 2 aliphatic heterocycles. The lowest BCUT2D eigenvalue weighted by atomic mass is 9.99. The van der Waals surface area contributed by atoms with Crippen LogP contribution in [-0.4, -0.2) is 64.2 Å². The Labute approximate surface area is 256 Å². The van der Waals surface area contributed by atoms with Crippen molar-refractivity contribution in [1.29, 1.82) is 0 Å². The molecule has 9 heteroatoms. The number of carbonyl (C=O) groups is 4. The van der Waals surface area contributed by atoms with Crippen LogP contribution in [0.5, 0.6) is 0 Å². The van der Waals surface area contributed by atoms with Crippen molar-refractivity contribution in [2.24, 2.45) is 5.92 Å². The van der Waals surface area contributed by atoms with Crippen LogP contribution in [0, 0.1) is 5.92 Å². The van der Waals surface area contributed by atoms with E-state index in [9.17, 15) is 19.2 Å². The Kier molecular flexibility index (Phi) is 8.45. The first kappa shape index (κ1) is 29.2. The summed E-state index contributed by atoms with van der Waals surface area (Å²) in [6, 6.07) is 23.1. The first-order valence-corrected chi connectivity index (χ1v) is 15.2. The number of aromatic amines is 1. The third-order valence-electron chi connectivity index (χ3n) is 8.64. The lowest BCUT2D eigenvalue weighted by Gasteiger charge is -2.32. The van der Waals surface area contributed by atoms with Crippen LogP contribution in [0.25, 0.3) is 10.9 Å². The summed E-state index contributed by atoms with van der Waals surface area (Å²) in [6.45, 7) is 2.40. The number of amides is 4. The second-order valence-electron chi connectivity index (χ2n) is 12.0. The molecule has 9 nitrogen and oxygen atoms in total. The van der Waals surface area contributed by atoms with Crippen LogP contribution in [0.3, 0.4) is 0 Å². The molecule has 3 heterocycles. The number of nitrogens with zero attached hydrogens (tertiary/aromatic N) is 1. The van der Waals surface area contributed by atoms with Crippen molar-refractivity contribution in [3.63, 3.8) is 0 Å². The van der Waals surface area contributed by atoms with E-state index < -0.39 is 36.0 Å². The summed E-state index contributed by atoms with van der Waals surface area (Å²) in [6.07, 6.45) is 3.02. The van der Waals surface area contributed by atoms with Crippen LogP contribution < -0.4 is 16.0 Å². The molecule has 4 amide bonds. The third-order valence-corrected chi connectivity index (χ3v) is 8.64. The standard InChI is InChI=1S/C35H37N5O4/c1-22-16-31-34(43)38-28(17-23-10-4-2-5-11-23)32(41)37-29(19-25-20-36-27-15-9-8-14-26(25)27)33(42)39-30(35(44)40(31)21-22)18-24-12-6-3-7-13-24/h2-15,20,22,28-31,36H,16-19,21H2,1H3,(H,37,41)(H,38,43)(H,39,42)/t22-,28-,29-,30-,31+/m0/s1. The lowest BCUT2D eigenvalue weighted by Crippen LogP contribution is -2.62. The lowest BCUT2D eigenvalue weighted by molar-refractivity contribution is -0.143. The minimum absolute atomic E-state index is 0.0870. The van der Waals surface area contributed by atoms with Crippen LogP contribution in [0.15, 0.2) is 91.1 Å². The molecule has 44 heavy (non-hydrogen) atoms. The topological polar surface area (TPSA) is 123 Å². The van der Waals surface area contributed by atoms with Crippen LogP contribution in [0.2, 0.25) is 0 Å². The molecule has 0 spiro atoms. The summed E-state index contributed by atoms with van der Waals surface area (Å²) in [5.74, 6) is -1.48. The molecule has 0 saturated carbocycles. The number of para-hydroxylation sites is 1. The molecule has 4 aromatic rings. The number of rotatable bonds is 6. The molecule has 2 fully saturated rings. The zero-order valence-corrected chi connectivity index (χ0v) is 24.7. The average Bonchev–Trinajstić information content (AvgIpc) is 3.63. The number of H-pyrrole nitrogens is 1. The Balaban J connectivity index is 1.37. The number of fused-ring (bicyclic) bond motifs is 2. The molecule has 0 radical (unpaired) electrons. The SMILES string of the molecule is C[C@H]1C[C@@H]2C(=O)N[C@@H](Cc3ccccc3)C(=O)N[C@@H](Cc3c[nH]c4ccccc34)C(=O)N[C@@H](Cc3ccccc3)C(=O)N2C1. The van der Waals surface area contributed by atoms with Gasteiger partial charge in [0, 0.05) is 42.9 Å². The van der Waals surface area contributed by atoms with Crippen molar-refractivity contribution in [2.45, 2.75) is 56.8 Å². The zero-order chi connectivity index (χ0) is 30.6. The van der Waals surface area contributed by atoms with Crippen molar-refractivity contribution >= 4 is 34.5 Å². The highest BCUT2D eigenvalue weighted by atomic mass is 16.2. The van der Waals surface area contributed by atoms with E-state index in [1.165, 1.54) is 0 Å². The highest BCUT2D eigenvalue weighted by Gasteiger charge is 2.43. The molecule has 2 aliphatic rings. The fourth-order valence-electron chi connectivity index (χ4n) is 6.39. The Morgan fingerprint density at radius 3 is 1.89 bits per heavy atom. The molecular weight excluding hydrogens is 554 g/mol. The van der Waals surface area contributed by atoms with Gasteiger partial charge in [0.15, 0.2) is 0 Å². The fraction of sp³-hybridized carbons (Fsp3) is 0.314. The highest BCUT2D eigenvalue weighted by molar-refractivity contribution is 5.98. The summed E-state index contributed by atoms with van der Waals surface area (Å²) in [4.78, 5) is 60.8. The summed E-state index contributed by atoms with van der Waals surface area (Å²) in [5, 5.41) is 9.82. The number of benzene rings is 3. The van der Waals surface area contributed by atoms with Gasteiger partial charge in [0.2, 0.25) is 23.6 Å². The van der Waals surface area contributed by atoms with Gasteiger partial charge in [0.05, 0.1) is 0 Å². The van der Waals surface area contributed by atoms with Gasteiger partial charge in [-0.15, -0.1) is 0 Å². The minimum Gasteiger partial charge on any atom is -0.361 e. The van der Waals surface area contributed by atoms with Gasteiger partial charge in [0.1, 0.15) is 24.2 Å². The largest absolute Gasteiger partial charge is 0.361 e. The molecule has 1 aromatic heterocycles. The van der Waals surface area contributed by atoms with Gasteiger partial charge in [-0.1, -0.05) is 85.8 Å². The van der Waals surface area contributed by atoms with Gasteiger partial charge in [-0.2, -0.15) is 0 Å². The highest BCUT2D eigenvalue weighted by Crippen LogP contribution is 2.26. The van der Waals surface area contributed by atoms with Gasteiger partial charge in [-0.25, -0.2) is 0 Å². The van der Waals surface area contributed by atoms with Crippen molar-refractivity contribution in [1.82, 2.24) is 25.8 Å². The van der Waals surface area contributed by atoms with E-state index in [1.54, 1.807) is 4.90 Å². The Bertz CT molecular complexity index is 1650. The van der Waals surface area contributed by atoms with E-state index in [-0.39, 0.29) is 37.0 Å². The number of aromatic nitrogens is 1. The summed E-state index contributed by atoms with van der Waals surface area (Å²) < 4.78 is 0. The van der Waals surface area contributed by atoms with Crippen LogP contribution in [0.1, 0.15) is 30.0 Å². The van der Waals surface area contributed by atoms with Crippen molar-refractivity contribution in [3.05, 3.63) is 108 Å². The molecular formula is C35H37N5O4. The van der Waals surface area contributed by atoms with E-state index in [0.717, 1.165) is 27.6 Å². The monoisotopic (exact) mass is 591 g/mol. The van der Waals surface area contributed by atoms with Gasteiger partial charge < -0.3 is 25.8 Å². The zero-order valence-electron chi connectivity index (χ0n) is 24.7. The van der Waals surface area contributed by atoms with Crippen molar-refractivity contribution < 1.29 is 19.2 Å². The first-order chi connectivity index (χ1) is 21.4. The van der Waals surface area contributed by atoms with Gasteiger partial charge in [0.25, 0.3) is 0 Å². The maximum Gasteiger partial charge on any atom is 0.246 e. The third kappa shape index (κ3) is 6.37. The molecule has 5 atom stereocenters. The van der Waals surface area contributed by atoms with Gasteiger partial charge in [-0.3, -0.25) is 19.2 Å². The molecule has 0 aliphatic carbocycles. The quantitative estimate of drug-likeness (QED) is 0.275. The number of nitrogens with one attached hydrogen (secondary N) is 4. The maximum atomic E-state index is 14.2. The maximum absolute atomic E-state index is 14.2. The van der Waals surface area contributed by atoms with Crippen molar-refractivity contribution in [2.75, 3.05) is 6.54 Å². The molecule has 2 saturated heterocycles. The molecule has 0 unspecified atom stereocenters. The fourth-order valence-corrected chi connectivity index (χ4v) is 6.39. The number of hydrogen-bond acceptors (Lipinski definition) is 4. The average molecular weight is 592 g/mol. The van der Waals surface area contributed by atoms with Crippen LogP contribution in [-0.2, 0) is 38.4 Å². The second-order valence-corrected chi connectivity index (χ2v) is 12.0. The van der Waals surface area contributed by atoms with Crippen molar-refractivity contribution in [3.8, 4) is 0 Å². The van der Waals surface area contributed by atoms with E-state index in [2.05, 4.69) is 20.9 Å². The molecule has 0 bridgehead atoms. The number of carbonyl (C=O) groups excluding carboxylic acids is 4. The van der Waals surface area contributed by atoms with Crippen LogP contribution in [0.4, 0.5) is 0 Å². The first-order valence-electron chi connectivity index (χ1n) is 15.2. The Morgan fingerprint density at radius 1 is 0.659 bits per heavy atom. The van der Waals surface area contributed by atoms with Gasteiger partial charge >= 0.3 is 0 Å². The normalized spacial score (nSPS) is 24.6. The summed E-state index contributed by atoms with van der Waals surface area (Å²) in [5.41, 5.74) is 3.53. The predicted molar refractivity (Wildman–Crippen MR) is 167 cm³/mol. The van der Waals surface area contributed by atoms with E-state index in [4.69, 9.17) is 0 Å². The predicted octanol–water partition coefficient (Wildman–Crippen LogP) is 2.90. The Morgan fingerprint density at radius 2 is 1.20 bits per heavy atom. The van der Waals surface area contributed by atoms with E-state index in [0.29, 0.717) is 13.0 Å². The number of hydrogen-bond donors (Lipinski definition) is 4. The smallest absolute Gasteiger partial charge is 0.246 e. The van der Waals surface area contributed by atoms with E-state index in [1.807, 2.05) is 98.0 Å². The Hall–Kier alpha value is -4.92.